The van der Waals surface area contributed by atoms with E-state index < -0.39 is 5.97 Å². The van der Waals surface area contributed by atoms with Crippen LogP contribution in [0.4, 0.5) is 0 Å². The van der Waals surface area contributed by atoms with Crippen LogP contribution in [0.3, 0.4) is 0 Å². The zero-order chi connectivity index (χ0) is 15.9. The SMILES string of the molecule is COCc1cccc(C(=O)N(CC(=O)O)C2CCOCC2)c1. The fourth-order valence-corrected chi connectivity index (χ4v) is 2.64. The smallest absolute Gasteiger partial charge is 0.323 e. The van der Waals surface area contributed by atoms with Crippen LogP contribution in [0.25, 0.3) is 0 Å². The van der Waals surface area contributed by atoms with Crippen LogP contribution in [0, 0.1) is 0 Å². The molecule has 6 nitrogen and oxygen atoms in total. The van der Waals surface area contributed by atoms with E-state index in [-0.39, 0.29) is 18.5 Å². The molecule has 0 saturated carbocycles. The second-order valence-corrected chi connectivity index (χ2v) is 5.30. The van der Waals surface area contributed by atoms with Crippen LogP contribution < -0.4 is 0 Å². The Morgan fingerprint density at radius 2 is 2.09 bits per heavy atom. The van der Waals surface area contributed by atoms with Gasteiger partial charge in [0.05, 0.1) is 6.61 Å². The number of carboxylic acids is 1. The van der Waals surface area contributed by atoms with Crippen LogP contribution in [0.1, 0.15) is 28.8 Å². The van der Waals surface area contributed by atoms with Crippen molar-refractivity contribution in [1.29, 1.82) is 0 Å². The van der Waals surface area contributed by atoms with Crippen molar-refractivity contribution >= 4 is 11.9 Å². The quantitative estimate of drug-likeness (QED) is 0.862. The molecule has 0 aliphatic carbocycles. The molecule has 120 valence electrons. The van der Waals surface area contributed by atoms with Gasteiger partial charge in [-0.2, -0.15) is 0 Å². The predicted octanol–water partition coefficient (Wildman–Crippen LogP) is 1.54. The molecule has 22 heavy (non-hydrogen) atoms. The highest BCUT2D eigenvalue weighted by Crippen LogP contribution is 2.18. The maximum atomic E-state index is 12.7. The highest BCUT2D eigenvalue weighted by molar-refractivity contribution is 5.96. The highest BCUT2D eigenvalue weighted by atomic mass is 16.5. The molecule has 0 spiro atoms. The first kappa shape index (κ1) is 16.5. The summed E-state index contributed by atoms with van der Waals surface area (Å²) in [6.45, 7) is 1.23. The number of carbonyl (C=O) groups is 2. The maximum absolute atomic E-state index is 12.7. The first-order valence-electron chi connectivity index (χ1n) is 7.30. The molecule has 1 N–H and O–H groups in total. The summed E-state index contributed by atoms with van der Waals surface area (Å²) in [5, 5.41) is 9.10. The minimum atomic E-state index is -1.01. The molecule has 6 heteroatoms. The van der Waals surface area contributed by atoms with Gasteiger partial charge in [0.2, 0.25) is 0 Å². The van der Waals surface area contributed by atoms with Gasteiger partial charge < -0.3 is 19.5 Å². The molecule has 1 aromatic rings. The van der Waals surface area contributed by atoms with Crippen LogP contribution in [0.5, 0.6) is 0 Å². The van der Waals surface area contributed by atoms with Crippen molar-refractivity contribution < 1.29 is 24.2 Å². The van der Waals surface area contributed by atoms with Crippen molar-refractivity contribution in [3.8, 4) is 0 Å². The minimum absolute atomic E-state index is 0.0940. The van der Waals surface area contributed by atoms with Crippen molar-refractivity contribution in [2.75, 3.05) is 26.9 Å². The highest BCUT2D eigenvalue weighted by Gasteiger charge is 2.28. The topological polar surface area (TPSA) is 76.1 Å². The Morgan fingerprint density at radius 3 is 2.73 bits per heavy atom. The normalized spacial score (nSPS) is 15.5. The van der Waals surface area contributed by atoms with E-state index >= 15 is 0 Å². The van der Waals surface area contributed by atoms with Crippen LogP contribution >= 0.6 is 0 Å². The number of hydrogen-bond acceptors (Lipinski definition) is 4. The maximum Gasteiger partial charge on any atom is 0.323 e. The fraction of sp³-hybridized carbons (Fsp3) is 0.500. The van der Waals surface area contributed by atoms with Crippen molar-refractivity contribution in [2.24, 2.45) is 0 Å². The van der Waals surface area contributed by atoms with E-state index in [2.05, 4.69) is 0 Å². The van der Waals surface area contributed by atoms with Crippen LogP contribution in [-0.4, -0.2) is 54.8 Å². The number of hydrogen-bond donors (Lipinski definition) is 1. The summed E-state index contributed by atoms with van der Waals surface area (Å²) in [5.74, 6) is -1.26. The Kier molecular flexibility index (Phi) is 5.91. The molecular weight excluding hydrogens is 286 g/mol. The van der Waals surface area contributed by atoms with Gasteiger partial charge >= 0.3 is 5.97 Å². The molecule has 2 rings (SSSR count). The number of ether oxygens (including phenoxy) is 2. The number of rotatable bonds is 6. The largest absolute Gasteiger partial charge is 0.480 e. The molecule has 1 aromatic carbocycles. The molecule has 0 aromatic heterocycles. The van der Waals surface area contributed by atoms with E-state index in [1.165, 1.54) is 4.90 Å². The van der Waals surface area contributed by atoms with E-state index in [0.717, 1.165) is 5.56 Å². The van der Waals surface area contributed by atoms with Crippen molar-refractivity contribution in [3.63, 3.8) is 0 Å². The Bertz CT molecular complexity index is 525. The lowest BCUT2D eigenvalue weighted by molar-refractivity contribution is -0.138. The molecule has 0 unspecified atom stereocenters. The fourth-order valence-electron chi connectivity index (χ4n) is 2.64. The zero-order valence-corrected chi connectivity index (χ0v) is 12.7. The van der Waals surface area contributed by atoms with Gasteiger partial charge in [0, 0.05) is 31.9 Å². The van der Waals surface area contributed by atoms with Gasteiger partial charge in [-0.15, -0.1) is 0 Å². The summed E-state index contributed by atoms with van der Waals surface area (Å²) in [5.41, 5.74) is 1.37. The second kappa shape index (κ2) is 7.91. The standard InChI is InChI=1S/C16H21NO5/c1-21-11-12-3-2-4-13(9-12)16(20)17(10-15(18)19)14-5-7-22-8-6-14/h2-4,9,14H,5-8,10-11H2,1H3,(H,18,19). The third kappa shape index (κ3) is 4.29. The number of aliphatic carboxylic acids is 1. The average Bonchev–Trinajstić information content (AvgIpc) is 2.53. The molecule has 1 aliphatic rings. The third-order valence-corrected chi connectivity index (χ3v) is 3.68. The van der Waals surface area contributed by atoms with E-state index in [1.54, 1.807) is 25.3 Å². The molecule has 0 radical (unpaired) electrons. The first-order valence-corrected chi connectivity index (χ1v) is 7.30. The Morgan fingerprint density at radius 1 is 1.36 bits per heavy atom. The number of amides is 1. The lowest BCUT2D eigenvalue weighted by atomic mass is 10.0. The second-order valence-electron chi connectivity index (χ2n) is 5.30. The Labute approximate surface area is 129 Å². The summed E-state index contributed by atoms with van der Waals surface area (Å²) in [4.78, 5) is 25.3. The average molecular weight is 307 g/mol. The molecule has 1 saturated heterocycles. The molecule has 1 fully saturated rings. The number of benzene rings is 1. The Balaban J connectivity index is 2.20. The van der Waals surface area contributed by atoms with Crippen molar-refractivity contribution in [2.45, 2.75) is 25.5 Å². The Hall–Kier alpha value is -1.92. The molecule has 1 aliphatic heterocycles. The van der Waals surface area contributed by atoms with Gasteiger partial charge in [-0.05, 0) is 30.5 Å². The number of carbonyl (C=O) groups excluding carboxylic acids is 1. The van der Waals surface area contributed by atoms with Gasteiger partial charge in [0.1, 0.15) is 6.54 Å². The third-order valence-electron chi connectivity index (χ3n) is 3.68. The zero-order valence-electron chi connectivity index (χ0n) is 12.7. The van der Waals surface area contributed by atoms with E-state index in [9.17, 15) is 9.59 Å². The van der Waals surface area contributed by atoms with Crippen molar-refractivity contribution in [3.05, 3.63) is 35.4 Å². The van der Waals surface area contributed by atoms with Crippen molar-refractivity contribution in [1.82, 2.24) is 4.90 Å². The van der Waals surface area contributed by atoms with Crippen LogP contribution in [-0.2, 0) is 20.9 Å². The number of nitrogens with zero attached hydrogens (tertiary/aromatic N) is 1. The van der Waals surface area contributed by atoms with Crippen LogP contribution in [0.15, 0.2) is 24.3 Å². The molecular formula is C16H21NO5. The summed E-state index contributed by atoms with van der Waals surface area (Å²) in [7, 11) is 1.59. The minimum Gasteiger partial charge on any atom is -0.480 e. The monoisotopic (exact) mass is 307 g/mol. The first-order chi connectivity index (χ1) is 10.6. The lowest BCUT2D eigenvalue weighted by Crippen LogP contribution is -2.46. The summed E-state index contributed by atoms with van der Waals surface area (Å²) < 4.78 is 10.4. The predicted molar refractivity (Wildman–Crippen MR) is 79.7 cm³/mol. The van der Waals surface area contributed by atoms with Gasteiger partial charge in [-0.1, -0.05) is 12.1 Å². The molecule has 0 atom stereocenters. The summed E-state index contributed by atoms with van der Waals surface area (Å²) in [6, 6.07) is 7.01. The number of carboxylic acid groups (broad SMARTS) is 1. The molecule has 0 bridgehead atoms. The lowest BCUT2D eigenvalue weighted by Gasteiger charge is -2.33. The summed E-state index contributed by atoms with van der Waals surface area (Å²) in [6.07, 6.45) is 1.33. The van der Waals surface area contributed by atoms with Gasteiger partial charge in [0.25, 0.3) is 5.91 Å². The number of methoxy groups -OCH3 is 1. The van der Waals surface area contributed by atoms with E-state index in [1.807, 2.05) is 6.07 Å². The van der Waals surface area contributed by atoms with E-state index in [4.69, 9.17) is 14.6 Å². The summed E-state index contributed by atoms with van der Waals surface area (Å²) >= 11 is 0. The van der Waals surface area contributed by atoms with Gasteiger partial charge in [0.15, 0.2) is 0 Å². The molecule has 1 heterocycles. The van der Waals surface area contributed by atoms with Gasteiger partial charge in [-0.25, -0.2) is 0 Å². The van der Waals surface area contributed by atoms with Crippen LogP contribution in [0.2, 0.25) is 0 Å². The molecule has 1 amide bonds. The van der Waals surface area contributed by atoms with Gasteiger partial charge in [-0.3, -0.25) is 9.59 Å². The van der Waals surface area contributed by atoms with E-state index in [0.29, 0.717) is 38.2 Å².